The highest BCUT2D eigenvalue weighted by Gasteiger charge is 2.30. The van der Waals surface area contributed by atoms with Crippen LogP contribution in [-0.4, -0.2) is 55.8 Å². The zero-order chi connectivity index (χ0) is 19.3. The summed E-state index contributed by atoms with van der Waals surface area (Å²) in [7, 11) is -1.96. The van der Waals surface area contributed by atoms with Crippen molar-refractivity contribution in [3.63, 3.8) is 0 Å². The molecule has 1 aromatic rings. The highest BCUT2D eigenvalue weighted by molar-refractivity contribution is 7.90. The van der Waals surface area contributed by atoms with Gasteiger partial charge in [0.25, 0.3) is 10.0 Å². The number of amidine groups is 1. The first-order valence-electron chi connectivity index (χ1n) is 8.44. The average molecular weight is 381 g/mol. The van der Waals surface area contributed by atoms with Crippen molar-refractivity contribution >= 4 is 27.7 Å². The van der Waals surface area contributed by atoms with E-state index >= 15 is 0 Å². The molecule has 8 nitrogen and oxygen atoms in total. The number of nitrogens with one attached hydrogen (secondary N) is 1. The van der Waals surface area contributed by atoms with Crippen LogP contribution >= 0.6 is 0 Å². The molecule has 1 aliphatic rings. The molecule has 0 aromatic heterocycles. The van der Waals surface area contributed by atoms with Crippen molar-refractivity contribution in [3.05, 3.63) is 29.8 Å². The quantitative estimate of drug-likeness (QED) is 0.699. The molecule has 142 valence electrons. The van der Waals surface area contributed by atoms with Gasteiger partial charge >= 0.3 is 5.97 Å². The predicted octanol–water partition coefficient (Wildman–Crippen LogP) is 1.22. The first-order valence-corrected chi connectivity index (χ1v) is 9.88. The third kappa shape index (κ3) is 4.60. The molecule has 2 rings (SSSR count). The van der Waals surface area contributed by atoms with Crippen LogP contribution in [0.5, 0.6) is 0 Å². The van der Waals surface area contributed by atoms with Crippen molar-refractivity contribution in [2.24, 2.45) is 4.40 Å². The van der Waals surface area contributed by atoms with Gasteiger partial charge < -0.3 is 15.3 Å². The van der Waals surface area contributed by atoms with Gasteiger partial charge in [0.05, 0.1) is 0 Å². The Labute approximate surface area is 153 Å². The second-order valence-electron chi connectivity index (χ2n) is 6.16. The number of rotatable bonds is 8. The maximum atomic E-state index is 12.1. The van der Waals surface area contributed by atoms with Gasteiger partial charge in [0.15, 0.2) is 0 Å². The van der Waals surface area contributed by atoms with Crippen LogP contribution in [0.15, 0.2) is 33.6 Å². The second-order valence-corrected chi connectivity index (χ2v) is 7.73. The molecule has 0 saturated carbocycles. The Morgan fingerprint density at radius 3 is 2.65 bits per heavy atom. The van der Waals surface area contributed by atoms with Crippen LogP contribution in [0.1, 0.15) is 38.2 Å². The van der Waals surface area contributed by atoms with Gasteiger partial charge in [-0.15, -0.1) is 4.40 Å². The van der Waals surface area contributed by atoms with E-state index < -0.39 is 22.0 Å². The molecule has 9 heteroatoms. The normalized spacial score (nSPS) is 15.7. The Kier molecular flexibility index (Phi) is 6.36. The molecule has 1 aromatic carbocycles. The summed E-state index contributed by atoms with van der Waals surface area (Å²) in [5.41, 5.74) is 0.549. The van der Waals surface area contributed by atoms with Crippen molar-refractivity contribution in [2.45, 2.75) is 43.5 Å². The fourth-order valence-corrected chi connectivity index (χ4v) is 4.01. The molecule has 0 saturated heterocycles. The van der Waals surface area contributed by atoms with Crippen LogP contribution in [-0.2, 0) is 19.6 Å². The maximum Gasteiger partial charge on any atom is 0.326 e. The summed E-state index contributed by atoms with van der Waals surface area (Å²) in [6, 6.07) is 5.73. The largest absolute Gasteiger partial charge is 0.480 e. The molecule has 0 aliphatic carbocycles. The SMILES string of the molecule is CCCC(NC(=O)CCCN(C)C1=NS(=O)(=O)c2ccccc21)C(=O)O. The van der Waals surface area contributed by atoms with Crippen molar-refractivity contribution in [2.75, 3.05) is 13.6 Å². The van der Waals surface area contributed by atoms with Gasteiger partial charge in [0, 0.05) is 25.6 Å². The number of hydrogen-bond donors (Lipinski definition) is 2. The van der Waals surface area contributed by atoms with Crippen molar-refractivity contribution in [1.29, 1.82) is 0 Å². The number of sulfonamides is 1. The van der Waals surface area contributed by atoms with Crippen molar-refractivity contribution in [3.8, 4) is 0 Å². The van der Waals surface area contributed by atoms with E-state index in [4.69, 9.17) is 5.11 Å². The third-order valence-electron chi connectivity index (χ3n) is 4.08. The van der Waals surface area contributed by atoms with Crippen LogP contribution < -0.4 is 5.32 Å². The van der Waals surface area contributed by atoms with Crippen molar-refractivity contribution in [1.82, 2.24) is 10.2 Å². The molecule has 2 N–H and O–H groups in total. The second kappa shape index (κ2) is 8.31. The lowest BCUT2D eigenvalue weighted by molar-refractivity contribution is -0.142. The summed E-state index contributed by atoms with van der Waals surface area (Å²) in [5, 5.41) is 11.6. The molecule has 1 heterocycles. The van der Waals surface area contributed by atoms with Crippen LogP contribution in [0.4, 0.5) is 0 Å². The Bertz CT molecular complexity index is 819. The molecule has 1 unspecified atom stereocenters. The standard InChI is InChI=1S/C17H23N3O5S/c1-3-7-13(17(22)23)18-15(21)10-6-11-20(2)16-12-8-4-5-9-14(12)26(24,25)19-16/h4-5,8-9,13H,3,6-7,10-11H2,1-2H3,(H,18,21)(H,22,23). The number of aliphatic carboxylic acids is 1. The fraction of sp³-hybridized carbons (Fsp3) is 0.471. The van der Waals surface area contributed by atoms with E-state index in [1.54, 1.807) is 30.1 Å². The van der Waals surface area contributed by atoms with E-state index in [-0.39, 0.29) is 17.2 Å². The number of carboxylic acid groups (broad SMARTS) is 1. The minimum absolute atomic E-state index is 0.152. The average Bonchev–Trinajstić information content (AvgIpc) is 2.86. The number of nitrogens with zero attached hydrogens (tertiary/aromatic N) is 2. The molecule has 1 aliphatic heterocycles. The monoisotopic (exact) mass is 381 g/mol. The lowest BCUT2D eigenvalue weighted by Crippen LogP contribution is -2.40. The van der Waals surface area contributed by atoms with E-state index in [1.807, 2.05) is 6.92 Å². The Hall–Kier alpha value is -2.42. The Morgan fingerprint density at radius 2 is 2.00 bits per heavy atom. The molecule has 0 fully saturated rings. The van der Waals surface area contributed by atoms with Gasteiger partial charge in [-0.1, -0.05) is 25.5 Å². The number of carbonyl (C=O) groups excluding carboxylic acids is 1. The number of amides is 1. The van der Waals surface area contributed by atoms with Gasteiger partial charge in [0.2, 0.25) is 5.91 Å². The van der Waals surface area contributed by atoms with Crippen LogP contribution in [0, 0.1) is 0 Å². The van der Waals surface area contributed by atoms with E-state index in [2.05, 4.69) is 9.71 Å². The van der Waals surface area contributed by atoms with Gasteiger partial charge in [0.1, 0.15) is 16.8 Å². The number of carbonyl (C=O) groups is 2. The number of benzene rings is 1. The van der Waals surface area contributed by atoms with E-state index in [1.165, 1.54) is 6.07 Å². The highest BCUT2D eigenvalue weighted by atomic mass is 32.2. The first kappa shape index (κ1) is 19.9. The maximum absolute atomic E-state index is 12.1. The summed E-state index contributed by atoms with van der Waals surface area (Å²) in [6.45, 7) is 2.27. The molecule has 1 amide bonds. The van der Waals surface area contributed by atoms with Gasteiger partial charge in [-0.25, -0.2) is 4.79 Å². The zero-order valence-electron chi connectivity index (χ0n) is 14.8. The first-order chi connectivity index (χ1) is 12.3. The Balaban J connectivity index is 1.91. The summed E-state index contributed by atoms with van der Waals surface area (Å²) in [6.07, 6.45) is 1.64. The van der Waals surface area contributed by atoms with Crippen LogP contribution in [0.2, 0.25) is 0 Å². The fourth-order valence-electron chi connectivity index (χ4n) is 2.76. The number of hydrogen-bond acceptors (Lipinski definition) is 5. The van der Waals surface area contributed by atoms with E-state index in [0.29, 0.717) is 37.2 Å². The molecular weight excluding hydrogens is 358 g/mol. The molecule has 0 spiro atoms. The third-order valence-corrected chi connectivity index (χ3v) is 5.41. The highest BCUT2D eigenvalue weighted by Crippen LogP contribution is 2.26. The van der Waals surface area contributed by atoms with Gasteiger partial charge in [-0.05, 0) is 25.0 Å². The topological polar surface area (TPSA) is 116 Å². The Morgan fingerprint density at radius 1 is 1.31 bits per heavy atom. The van der Waals surface area contributed by atoms with E-state index in [9.17, 15) is 18.0 Å². The summed E-state index contributed by atoms with van der Waals surface area (Å²) >= 11 is 0. The lowest BCUT2D eigenvalue weighted by Gasteiger charge is -2.19. The molecule has 0 radical (unpaired) electrons. The predicted molar refractivity (Wildman–Crippen MR) is 96.5 cm³/mol. The molecular formula is C17H23N3O5S. The zero-order valence-corrected chi connectivity index (χ0v) is 15.6. The van der Waals surface area contributed by atoms with E-state index in [0.717, 1.165) is 0 Å². The summed E-state index contributed by atoms with van der Waals surface area (Å²) in [5.74, 6) is -1.02. The lowest BCUT2D eigenvalue weighted by atomic mass is 10.1. The minimum atomic E-state index is -3.67. The number of carboxylic acids is 1. The van der Waals surface area contributed by atoms with Crippen molar-refractivity contribution < 1.29 is 23.1 Å². The molecule has 0 bridgehead atoms. The summed E-state index contributed by atoms with van der Waals surface area (Å²) in [4.78, 5) is 24.9. The van der Waals surface area contributed by atoms with Gasteiger partial charge in [-0.2, -0.15) is 8.42 Å². The van der Waals surface area contributed by atoms with Gasteiger partial charge in [-0.3, -0.25) is 4.79 Å². The molecule has 1 atom stereocenters. The smallest absolute Gasteiger partial charge is 0.326 e. The summed E-state index contributed by atoms with van der Waals surface area (Å²) < 4.78 is 27.9. The minimum Gasteiger partial charge on any atom is -0.480 e. The van der Waals surface area contributed by atoms with Crippen LogP contribution in [0.25, 0.3) is 0 Å². The number of fused-ring (bicyclic) bond motifs is 1. The van der Waals surface area contributed by atoms with Crippen LogP contribution in [0.3, 0.4) is 0 Å². The molecule has 26 heavy (non-hydrogen) atoms.